The fraction of sp³-hybridized carbons (Fsp3) is 0.231. The molecule has 2 N–H and O–H groups in total. The van der Waals surface area contributed by atoms with E-state index in [2.05, 4.69) is 0 Å². The number of nitro groups is 1. The number of nitrogens with zero attached hydrogens (tertiary/aromatic N) is 1. The van der Waals surface area contributed by atoms with Crippen LogP contribution < -0.4 is 10.5 Å². The Morgan fingerprint density at radius 1 is 1.37 bits per heavy atom. The Hall–Kier alpha value is -1.92. The molecule has 0 atom stereocenters. The third-order valence-corrected chi connectivity index (χ3v) is 3.58. The van der Waals surface area contributed by atoms with Gasteiger partial charge in [0.15, 0.2) is 5.75 Å². The number of ether oxygens (including phenoxy) is 1. The first kappa shape index (κ1) is 13.5. The van der Waals surface area contributed by atoms with Crippen LogP contribution in [-0.2, 0) is 13.0 Å². The molecule has 2 rings (SSSR count). The van der Waals surface area contributed by atoms with E-state index in [1.54, 1.807) is 23.5 Å². The third-order valence-electron chi connectivity index (χ3n) is 2.64. The fourth-order valence-electron chi connectivity index (χ4n) is 1.67. The number of hydrogen-bond donors (Lipinski definition) is 1. The SMILES string of the molecule is NCc1ccc(OCCc2cccs2)c([N+](=O)[O-])c1. The molecule has 19 heavy (non-hydrogen) atoms. The van der Waals surface area contributed by atoms with Crippen molar-refractivity contribution in [1.29, 1.82) is 0 Å². The van der Waals surface area contributed by atoms with Crippen molar-refractivity contribution < 1.29 is 9.66 Å². The maximum Gasteiger partial charge on any atom is 0.311 e. The number of nitro benzene ring substituents is 1. The first-order valence-corrected chi connectivity index (χ1v) is 6.71. The molecule has 0 saturated heterocycles. The fourth-order valence-corrected chi connectivity index (χ4v) is 2.36. The molecule has 2 aromatic rings. The summed E-state index contributed by atoms with van der Waals surface area (Å²) in [4.78, 5) is 11.7. The van der Waals surface area contributed by atoms with Crippen LogP contribution in [0.5, 0.6) is 5.75 Å². The Balaban J connectivity index is 2.04. The van der Waals surface area contributed by atoms with E-state index < -0.39 is 4.92 Å². The van der Waals surface area contributed by atoms with Crippen molar-refractivity contribution >= 4 is 17.0 Å². The average Bonchev–Trinajstić information content (AvgIpc) is 2.92. The van der Waals surface area contributed by atoms with Gasteiger partial charge in [0, 0.05) is 23.9 Å². The smallest absolute Gasteiger partial charge is 0.311 e. The Bertz CT molecular complexity index is 555. The van der Waals surface area contributed by atoms with E-state index in [4.69, 9.17) is 10.5 Å². The average molecular weight is 278 g/mol. The lowest BCUT2D eigenvalue weighted by molar-refractivity contribution is -0.385. The standard InChI is InChI=1S/C13H14N2O3S/c14-9-10-3-4-13(12(8-10)15(16)17)18-6-5-11-2-1-7-19-11/h1-4,7-8H,5-6,9,14H2. The molecule has 0 aliphatic rings. The second-order valence-electron chi connectivity index (χ2n) is 3.94. The van der Waals surface area contributed by atoms with Gasteiger partial charge >= 0.3 is 5.69 Å². The lowest BCUT2D eigenvalue weighted by atomic mass is 10.2. The predicted molar refractivity (Wildman–Crippen MR) is 74.5 cm³/mol. The van der Waals surface area contributed by atoms with Gasteiger partial charge in [0.1, 0.15) is 0 Å². The third kappa shape index (κ3) is 3.52. The summed E-state index contributed by atoms with van der Waals surface area (Å²) in [5.41, 5.74) is 6.16. The van der Waals surface area contributed by atoms with Crippen molar-refractivity contribution in [2.24, 2.45) is 5.73 Å². The van der Waals surface area contributed by atoms with E-state index >= 15 is 0 Å². The number of nitrogens with two attached hydrogens (primary N) is 1. The van der Waals surface area contributed by atoms with Crippen molar-refractivity contribution in [3.05, 3.63) is 56.3 Å². The molecule has 0 unspecified atom stereocenters. The molecule has 0 aliphatic carbocycles. The lowest BCUT2D eigenvalue weighted by Gasteiger charge is -2.07. The van der Waals surface area contributed by atoms with Gasteiger partial charge < -0.3 is 10.5 Å². The molecule has 100 valence electrons. The van der Waals surface area contributed by atoms with Gasteiger partial charge in [0.2, 0.25) is 0 Å². The maximum absolute atomic E-state index is 11.0. The van der Waals surface area contributed by atoms with Crippen LogP contribution in [-0.4, -0.2) is 11.5 Å². The molecule has 0 fully saturated rings. The normalized spacial score (nSPS) is 10.4. The topological polar surface area (TPSA) is 78.4 Å². The molecule has 0 bridgehead atoms. The summed E-state index contributed by atoms with van der Waals surface area (Å²) in [7, 11) is 0. The summed E-state index contributed by atoms with van der Waals surface area (Å²) in [6, 6.07) is 8.79. The minimum atomic E-state index is -0.445. The summed E-state index contributed by atoms with van der Waals surface area (Å²) in [5, 5.41) is 13.0. The molecule has 0 spiro atoms. The zero-order valence-electron chi connectivity index (χ0n) is 10.2. The molecule has 1 aromatic heterocycles. The molecular formula is C13H14N2O3S. The summed E-state index contributed by atoms with van der Waals surface area (Å²) >= 11 is 1.64. The number of rotatable bonds is 6. The number of benzene rings is 1. The van der Waals surface area contributed by atoms with Crippen molar-refractivity contribution in [1.82, 2.24) is 0 Å². The van der Waals surface area contributed by atoms with E-state index in [1.807, 2.05) is 17.5 Å². The van der Waals surface area contributed by atoms with Crippen LogP contribution in [0.2, 0.25) is 0 Å². The largest absolute Gasteiger partial charge is 0.486 e. The van der Waals surface area contributed by atoms with E-state index in [0.29, 0.717) is 12.4 Å². The highest BCUT2D eigenvalue weighted by Gasteiger charge is 2.15. The first-order valence-electron chi connectivity index (χ1n) is 5.83. The molecule has 1 aromatic carbocycles. The van der Waals surface area contributed by atoms with Crippen molar-refractivity contribution in [3.63, 3.8) is 0 Å². The van der Waals surface area contributed by atoms with Crippen LogP contribution in [0, 0.1) is 10.1 Å². The van der Waals surface area contributed by atoms with Crippen molar-refractivity contribution in [2.45, 2.75) is 13.0 Å². The molecule has 6 heteroatoms. The first-order chi connectivity index (χ1) is 9.20. The van der Waals surface area contributed by atoms with Crippen LogP contribution in [0.1, 0.15) is 10.4 Å². The molecule has 0 radical (unpaired) electrons. The van der Waals surface area contributed by atoms with Gasteiger partial charge in [-0.1, -0.05) is 12.1 Å². The van der Waals surface area contributed by atoms with Gasteiger partial charge in [-0.05, 0) is 23.1 Å². The molecule has 0 amide bonds. The van der Waals surface area contributed by atoms with Crippen LogP contribution in [0.3, 0.4) is 0 Å². The molecule has 5 nitrogen and oxygen atoms in total. The minimum absolute atomic E-state index is 0.0332. The number of hydrogen-bond acceptors (Lipinski definition) is 5. The second kappa shape index (κ2) is 6.31. The van der Waals surface area contributed by atoms with E-state index in [1.165, 1.54) is 10.9 Å². The maximum atomic E-state index is 11.0. The Morgan fingerprint density at radius 2 is 2.21 bits per heavy atom. The van der Waals surface area contributed by atoms with Crippen molar-refractivity contribution in [2.75, 3.05) is 6.61 Å². The van der Waals surface area contributed by atoms with E-state index in [-0.39, 0.29) is 12.2 Å². The second-order valence-corrected chi connectivity index (χ2v) is 4.97. The molecule has 0 saturated carbocycles. The molecule has 0 aliphatic heterocycles. The van der Waals surface area contributed by atoms with Gasteiger partial charge in [0.05, 0.1) is 11.5 Å². The van der Waals surface area contributed by atoms with Crippen molar-refractivity contribution in [3.8, 4) is 5.75 Å². The van der Waals surface area contributed by atoms with E-state index in [9.17, 15) is 10.1 Å². The van der Waals surface area contributed by atoms with Crippen LogP contribution in [0.15, 0.2) is 35.7 Å². The zero-order chi connectivity index (χ0) is 13.7. The van der Waals surface area contributed by atoms with E-state index in [0.717, 1.165) is 12.0 Å². The van der Waals surface area contributed by atoms with Crippen LogP contribution in [0.25, 0.3) is 0 Å². The highest BCUT2D eigenvalue weighted by molar-refractivity contribution is 7.09. The quantitative estimate of drug-likeness (QED) is 0.651. The van der Waals surface area contributed by atoms with Gasteiger partial charge in [-0.3, -0.25) is 10.1 Å². The Kier molecular flexibility index (Phi) is 4.48. The summed E-state index contributed by atoms with van der Waals surface area (Å²) in [6.45, 7) is 0.694. The summed E-state index contributed by atoms with van der Waals surface area (Å²) in [6.07, 6.45) is 0.744. The minimum Gasteiger partial charge on any atom is -0.486 e. The molecular weight excluding hydrogens is 264 g/mol. The van der Waals surface area contributed by atoms with Crippen LogP contribution >= 0.6 is 11.3 Å². The summed E-state index contributed by atoms with van der Waals surface area (Å²) < 4.78 is 5.50. The van der Waals surface area contributed by atoms with Gasteiger partial charge in [0.25, 0.3) is 0 Å². The Morgan fingerprint density at radius 3 is 2.84 bits per heavy atom. The lowest BCUT2D eigenvalue weighted by Crippen LogP contribution is -2.04. The van der Waals surface area contributed by atoms with Gasteiger partial charge in [-0.15, -0.1) is 11.3 Å². The highest BCUT2D eigenvalue weighted by Crippen LogP contribution is 2.28. The predicted octanol–water partition coefficient (Wildman–Crippen LogP) is 2.74. The summed E-state index contributed by atoms with van der Waals surface area (Å²) in [5.74, 6) is 0.291. The van der Waals surface area contributed by atoms with Gasteiger partial charge in [-0.25, -0.2) is 0 Å². The highest BCUT2D eigenvalue weighted by atomic mass is 32.1. The Labute approximate surface area is 114 Å². The zero-order valence-corrected chi connectivity index (χ0v) is 11.1. The van der Waals surface area contributed by atoms with Crippen LogP contribution in [0.4, 0.5) is 5.69 Å². The molecule has 1 heterocycles. The monoisotopic (exact) mass is 278 g/mol. The number of thiophene rings is 1. The van der Waals surface area contributed by atoms with Gasteiger partial charge in [-0.2, -0.15) is 0 Å².